The van der Waals surface area contributed by atoms with Gasteiger partial charge in [-0.3, -0.25) is 14.1 Å². The Kier molecular flexibility index (Phi) is 5.99. The highest BCUT2D eigenvalue weighted by molar-refractivity contribution is 5.82. The van der Waals surface area contributed by atoms with Crippen molar-refractivity contribution in [3.8, 4) is 6.07 Å². The van der Waals surface area contributed by atoms with Crippen molar-refractivity contribution in [1.29, 1.82) is 5.26 Å². The van der Waals surface area contributed by atoms with Gasteiger partial charge in [0, 0.05) is 31.4 Å². The molecule has 5 rings (SSSR count). The fourth-order valence-electron chi connectivity index (χ4n) is 4.39. The highest BCUT2D eigenvalue weighted by Crippen LogP contribution is 2.18. The Morgan fingerprint density at radius 1 is 1.21 bits per heavy atom. The van der Waals surface area contributed by atoms with Gasteiger partial charge in [0.15, 0.2) is 5.65 Å². The van der Waals surface area contributed by atoms with Crippen molar-refractivity contribution in [2.75, 3.05) is 31.6 Å². The number of nitrogens with one attached hydrogen (secondary N) is 1. The second-order valence-electron chi connectivity index (χ2n) is 8.41. The lowest BCUT2D eigenvalue weighted by atomic mass is 10.1. The van der Waals surface area contributed by atoms with E-state index in [0.29, 0.717) is 52.7 Å². The van der Waals surface area contributed by atoms with Gasteiger partial charge in [-0.15, -0.1) is 0 Å². The molecule has 0 radical (unpaired) electrons. The Balaban J connectivity index is 1.43. The molecule has 0 spiro atoms. The minimum Gasteiger partial charge on any atom is -0.379 e. The topological polar surface area (TPSA) is 103 Å². The van der Waals surface area contributed by atoms with Crippen LogP contribution in [0.2, 0.25) is 0 Å². The van der Waals surface area contributed by atoms with E-state index in [1.54, 1.807) is 13.1 Å². The average Bonchev–Trinajstić information content (AvgIpc) is 3.25. The Morgan fingerprint density at radius 2 is 1.94 bits per heavy atom. The van der Waals surface area contributed by atoms with E-state index < -0.39 is 6.23 Å². The molecule has 1 unspecified atom stereocenters. The van der Waals surface area contributed by atoms with Crippen molar-refractivity contribution in [2.24, 2.45) is 0 Å². The van der Waals surface area contributed by atoms with Crippen LogP contribution in [0.25, 0.3) is 22.9 Å². The first-order chi connectivity index (χ1) is 16.6. The van der Waals surface area contributed by atoms with E-state index in [1.165, 1.54) is 4.40 Å². The lowest BCUT2D eigenvalue weighted by Crippen LogP contribution is -2.44. The Labute approximate surface area is 196 Å². The third-order valence-corrected chi connectivity index (χ3v) is 6.33. The Hall–Kier alpha value is -3.77. The third-order valence-electron chi connectivity index (χ3n) is 6.33. The fourth-order valence-corrected chi connectivity index (χ4v) is 4.39. The number of nitrogens with zero attached hydrogens (tertiary/aromatic N) is 4. The number of morpholine rings is 1. The monoisotopic (exact) mass is 455 g/mol. The van der Waals surface area contributed by atoms with Gasteiger partial charge in [-0.25, -0.2) is 4.98 Å². The largest absolute Gasteiger partial charge is 0.379 e. The number of hydrogen-bond donors (Lipinski definition) is 2. The number of pyridine rings is 1. The lowest BCUT2D eigenvalue weighted by Gasteiger charge is -2.31. The summed E-state index contributed by atoms with van der Waals surface area (Å²) in [6, 6.07) is 17.3. The van der Waals surface area contributed by atoms with Crippen molar-refractivity contribution < 1.29 is 9.84 Å². The molecule has 172 valence electrons. The molecule has 2 N–H and O–H groups in total. The van der Waals surface area contributed by atoms with E-state index in [-0.39, 0.29) is 5.56 Å². The summed E-state index contributed by atoms with van der Waals surface area (Å²) in [6.45, 7) is 4.51. The van der Waals surface area contributed by atoms with Crippen LogP contribution in [0.4, 0.5) is 5.69 Å². The molecule has 1 fully saturated rings. The van der Waals surface area contributed by atoms with Gasteiger partial charge >= 0.3 is 0 Å². The van der Waals surface area contributed by atoms with E-state index in [2.05, 4.69) is 16.4 Å². The molecule has 0 saturated carbocycles. The van der Waals surface area contributed by atoms with Gasteiger partial charge in [0.2, 0.25) is 0 Å². The fraction of sp³-hybridized carbons (Fsp3) is 0.269. The van der Waals surface area contributed by atoms with Crippen LogP contribution in [0.5, 0.6) is 0 Å². The standard InChI is InChI=1S/C26H25N5O3/c1-17-20(15-27)25-29-22-4-2-3-5-23(22)31(25)26(33)21(17)16-28-19-8-6-18(7-9-19)14-24(32)30-10-12-34-13-11-30/h2-9,16,24,28,32H,10-14H2,1H3/b21-16+. The van der Waals surface area contributed by atoms with Crippen LogP contribution in [0, 0.1) is 18.3 Å². The molecular formula is C26H25N5O3. The molecule has 0 amide bonds. The number of para-hydroxylation sites is 2. The first-order valence-corrected chi connectivity index (χ1v) is 11.3. The zero-order valence-corrected chi connectivity index (χ0v) is 18.9. The summed E-state index contributed by atoms with van der Waals surface area (Å²) in [5.41, 5.74) is 4.31. The minimum absolute atomic E-state index is 0.224. The van der Waals surface area contributed by atoms with Crippen LogP contribution in [0.3, 0.4) is 0 Å². The first kappa shape index (κ1) is 22.0. The molecule has 1 aliphatic rings. The predicted molar refractivity (Wildman–Crippen MR) is 130 cm³/mol. The van der Waals surface area contributed by atoms with Crippen molar-refractivity contribution >= 4 is 28.6 Å². The van der Waals surface area contributed by atoms with E-state index in [0.717, 1.165) is 24.3 Å². The van der Waals surface area contributed by atoms with Gasteiger partial charge in [-0.2, -0.15) is 5.26 Å². The molecule has 2 aromatic heterocycles. The predicted octanol–water partition coefficient (Wildman–Crippen LogP) is 1.79. The second-order valence-corrected chi connectivity index (χ2v) is 8.41. The maximum absolute atomic E-state index is 13.3. The number of nitriles is 1. The van der Waals surface area contributed by atoms with Gasteiger partial charge in [0.25, 0.3) is 5.56 Å². The number of ether oxygens (including phenoxy) is 1. The number of imidazole rings is 1. The smallest absolute Gasteiger partial charge is 0.265 e. The van der Waals surface area contributed by atoms with E-state index in [4.69, 9.17) is 4.74 Å². The van der Waals surface area contributed by atoms with E-state index in [1.807, 2.05) is 53.4 Å². The number of benzene rings is 2. The average molecular weight is 456 g/mol. The van der Waals surface area contributed by atoms with Crippen molar-refractivity contribution in [2.45, 2.75) is 19.6 Å². The van der Waals surface area contributed by atoms with Crippen molar-refractivity contribution in [3.63, 3.8) is 0 Å². The summed E-state index contributed by atoms with van der Waals surface area (Å²) in [4.78, 5) is 19.9. The van der Waals surface area contributed by atoms with Gasteiger partial charge in [0.1, 0.15) is 12.3 Å². The number of fused-ring (bicyclic) bond motifs is 3. The molecule has 8 heteroatoms. The summed E-state index contributed by atoms with van der Waals surface area (Å²) in [6.07, 6.45) is 1.63. The highest BCUT2D eigenvalue weighted by atomic mass is 16.5. The molecule has 1 aliphatic heterocycles. The normalized spacial score (nSPS) is 16.1. The highest BCUT2D eigenvalue weighted by Gasteiger charge is 2.19. The minimum atomic E-state index is -0.541. The number of hydrogen-bond acceptors (Lipinski definition) is 7. The number of rotatable bonds is 5. The summed E-state index contributed by atoms with van der Waals surface area (Å²) >= 11 is 0. The van der Waals surface area contributed by atoms with Crippen LogP contribution in [0.1, 0.15) is 16.7 Å². The zero-order chi connectivity index (χ0) is 23.7. The summed E-state index contributed by atoms with van der Waals surface area (Å²) in [5.74, 6) is 0. The van der Waals surface area contributed by atoms with Gasteiger partial charge < -0.3 is 15.2 Å². The molecule has 8 nitrogen and oxygen atoms in total. The summed E-state index contributed by atoms with van der Waals surface area (Å²) < 4.78 is 6.85. The molecular weight excluding hydrogens is 430 g/mol. The van der Waals surface area contributed by atoms with Crippen LogP contribution in [-0.4, -0.2) is 51.9 Å². The Bertz CT molecular complexity index is 1500. The first-order valence-electron chi connectivity index (χ1n) is 11.3. The van der Waals surface area contributed by atoms with Crippen LogP contribution in [0.15, 0.2) is 53.3 Å². The molecule has 3 heterocycles. The van der Waals surface area contributed by atoms with Gasteiger partial charge in [-0.05, 0) is 42.3 Å². The number of aromatic nitrogens is 2. The van der Waals surface area contributed by atoms with Crippen molar-refractivity contribution in [3.05, 3.63) is 80.8 Å². The quantitative estimate of drug-likeness (QED) is 0.473. The third kappa shape index (κ3) is 4.01. The zero-order valence-electron chi connectivity index (χ0n) is 18.9. The maximum Gasteiger partial charge on any atom is 0.265 e. The molecule has 34 heavy (non-hydrogen) atoms. The van der Waals surface area contributed by atoms with E-state index >= 15 is 0 Å². The van der Waals surface area contributed by atoms with Crippen LogP contribution >= 0.6 is 0 Å². The van der Waals surface area contributed by atoms with Crippen molar-refractivity contribution in [1.82, 2.24) is 14.3 Å². The summed E-state index contributed by atoms with van der Waals surface area (Å²) in [7, 11) is 0. The molecule has 4 aromatic rings. The molecule has 1 saturated heterocycles. The number of aliphatic hydroxyl groups is 1. The summed E-state index contributed by atoms with van der Waals surface area (Å²) in [5, 5.41) is 23.9. The van der Waals surface area contributed by atoms with Gasteiger partial charge in [0.05, 0.1) is 35.0 Å². The number of aliphatic hydroxyl groups excluding tert-OH is 1. The van der Waals surface area contributed by atoms with Gasteiger partial charge in [-0.1, -0.05) is 24.3 Å². The SMILES string of the molecule is Cc1c(C#N)c2nc3ccccc3n2c(=O)/c1=C/Nc1ccc(CC(O)N2CCOCC2)cc1. The maximum atomic E-state index is 13.3. The second kappa shape index (κ2) is 9.23. The molecule has 0 aliphatic carbocycles. The Morgan fingerprint density at radius 3 is 2.68 bits per heavy atom. The van der Waals surface area contributed by atoms with Crippen LogP contribution < -0.4 is 16.1 Å². The van der Waals surface area contributed by atoms with Crippen LogP contribution in [-0.2, 0) is 11.2 Å². The lowest BCUT2D eigenvalue weighted by molar-refractivity contribution is -0.0575. The number of anilines is 1. The molecule has 0 bridgehead atoms. The van der Waals surface area contributed by atoms with E-state index in [9.17, 15) is 15.2 Å². The molecule has 1 atom stereocenters. The molecule has 2 aromatic carbocycles.